The Morgan fingerprint density at radius 1 is 1.44 bits per heavy atom. The zero-order valence-corrected chi connectivity index (χ0v) is 11.2. The van der Waals surface area contributed by atoms with Crippen LogP contribution in [-0.4, -0.2) is 23.7 Å². The fourth-order valence-electron chi connectivity index (χ4n) is 2.07. The lowest BCUT2D eigenvalue weighted by Crippen LogP contribution is -2.46. The molecule has 18 heavy (non-hydrogen) atoms. The maximum absolute atomic E-state index is 5.75. The van der Waals surface area contributed by atoms with E-state index < -0.39 is 0 Å². The summed E-state index contributed by atoms with van der Waals surface area (Å²) >= 11 is 0. The molecule has 1 aromatic rings. The van der Waals surface area contributed by atoms with Crippen LogP contribution in [0.3, 0.4) is 0 Å². The van der Waals surface area contributed by atoms with Crippen molar-refractivity contribution in [2.24, 2.45) is 5.84 Å². The van der Waals surface area contributed by atoms with E-state index in [2.05, 4.69) is 17.3 Å². The van der Waals surface area contributed by atoms with Crippen LogP contribution in [0.25, 0.3) is 0 Å². The molecule has 5 heteroatoms. The monoisotopic (exact) mass is 252 g/mol. The van der Waals surface area contributed by atoms with Crippen LogP contribution in [0.4, 0.5) is 5.82 Å². The van der Waals surface area contributed by atoms with Crippen LogP contribution in [0.15, 0.2) is 18.3 Å². The summed E-state index contributed by atoms with van der Waals surface area (Å²) in [6.45, 7) is 4.84. The van der Waals surface area contributed by atoms with Gasteiger partial charge < -0.3 is 10.5 Å². The highest BCUT2D eigenvalue weighted by atomic mass is 16.5. The fourth-order valence-corrected chi connectivity index (χ4v) is 2.07. The Morgan fingerprint density at radius 3 is 2.78 bits per heavy atom. The van der Waals surface area contributed by atoms with Crippen LogP contribution in [0.2, 0.25) is 0 Å². The first kappa shape index (κ1) is 14.9. The summed E-state index contributed by atoms with van der Waals surface area (Å²) in [6.07, 6.45) is 4.69. The molecule has 1 heterocycles. The average Bonchev–Trinajstić information content (AvgIpc) is 2.36. The molecule has 1 rings (SSSR count). The minimum absolute atomic E-state index is 0.0895. The normalized spacial score (nSPS) is 14.4. The van der Waals surface area contributed by atoms with Gasteiger partial charge in [-0.1, -0.05) is 13.3 Å². The third-order valence-corrected chi connectivity index (χ3v) is 2.92. The summed E-state index contributed by atoms with van der Waals surface area (Å²) in [5, 5.41) is 0. The number of pyridine rings is 1. The molecule has 0 aliphatic heterocycles. The Morgan fingerprint density at radius 2 is 2.22 bits per heavy atom. The van der Waals surface area contributed by atoms with Gasteiger partial charge in [-0.2, -0.15) is 0 Å². The number of hydrogen-bond acceptors (Lipinski definition) is 5. The van der Waals surface area contributed by atoms with Gasteiger partial charge in [0.25, 0.3) is 0 Å². The SMILES string of the molecule is CCCC(OCC)C(Cc1ccnc(N)c1)NN. The quantitative estimate of drug-likeness (QED) is 0.479. The van der Waals surface area contributed by atoms with Crippen LogP contribution in [0.5, 0.6) is 0 Å². The Balaban J connectivity index is 2.69. The summed E-state index contributed by atoms with van der Waals surface area (Å²) in [4.78, 5) is 3.99. The Bertz CT molecular complexity index is 340. The Hall–Kier alpha value is -1.17. The zero-order chi connectivity index (χ0) is 13.4. The molecule has 0 saturated heterocycles. The molecule has 0 radical (unpaired) electrons. The minimum atomic E-state index is 0.0895. The molecule has 0 aromatic carbocycles. The number of nitrogens with two attached hydrogens (primary N) is 2. The van der Waals surface area contributed by atoms with Gasteiger partial charge in [-0.3, -0.25) is 11.3 Å². The van der Waals surface area contributed by atoms with Crippen molar-refractivity contribution in [1.82, 2.24) is 10.4 Å². The molecule has 0 saturated carbocycles. The van der Waals surface area contributed by atoms with Gasteiger partial charge in [0.1, 0.15) is 5.82 Å². The molecule has 102 valence electrons. The summed E-state index contributed by atoms with van der Waals surface area (Å²) in [5.41, 5.74) is 9.65. The molecule has 0 fully saturated rings. The molecule has 2 unspecified atom stereocenters. The van der Waals surface area contributed by atoms with Crippen LogP contribution >= 0.6 is 0 Å². The number of anilines is 1. The lowest BCUT2D eigenvalue weighted by Gasteiger charge is -2.26. The first-order valence-electron chi connectivity index (χ1n) is 6.49. The van der Waals surface area contributed by atoms with Crippen molar-refractivity contribution in [3.8, 4) is 0 Å². The molecule has 0 amide bonds. The lowest BCUT2D eigenvalue weighted by atomic mass is 9.99. The van der Waals surface area contributed by atoms with Crippen LogP contribution in [0, 0.1) is 0 Å². The molecular formula is C13H24N4O. The average molecular weight is 252 g/mol. The first-order valence-corrected chi connectivity index (χ1v) is 6.49. The van der Waals surface area contributed by atoms with E-state index in [1.54, 1.807) is 6.20 Å². The topological polar surface area (TPSA) is 86.2 Å². The van der Waals surface area contributed by atoms with E-state index in [9.17, 15) is 0 Å². The van der Waals surface area contributed by atoms with Gasteiger partial charge in [-0.05, 0) is 37.5 Å². The van der Waals surface area contributed by atoms with E-state index in [1.165, 1.54) is 0 Å². The van der Waals surface area contributed by atoms with E-state index in [-0.39, 0.29) is 12.1 Å². The summed E-state index contributed by atoms with van der Waals surface area (Å²) in [7, 11) is 0. The predicted molar refractivity (Wildman–Crippen MR) is 73.8 cm³/mol. The van der Waals surface area contributed by atoms with Crippen LogP contribution in [0.1, 0.15) is 32.3 Å². The number of nitrogen functional groups attached to an aromatic ring is 1. The van der Waals surface area contributed by atoms with Crippen molar-refractivity contribution in [3.63, 3.8) is 0 Å². The first-order chi connectivity index (χ1) is 8.71. The van der Waals surface area contributed by atoms with Gasteiger partial charge in [0.05, 0.1) is 12.1 Å². The van der Waals surface area contributed by atoms with Gasteiger partial charge in [0.2, 0.25) is 0 Å². The van der Waals surface area contributed by atoms with Crippen LogP contribution in [-0.2, 0) is 11.2 Å². The lowest BCUT2D eigenvalue weighted by molar-refractivity contribution is 0.0281. The minimum Gasteiger partial charge on any atom is -0.384 e. The number of hydrogen-bond donors (Lipinski definition) is 3. The van der Waals surface area contributed by atoms with Crippen LogP contribution < -0.4 is 17.0 Å². The predicted octanol–water partition coefficient (Wildman–Crippen LogP) is 1.24. The smallest absolute Gasteiger partial charge is 0.123 e. The van der Waals surface area contributed by atoms with E-state index in [4.69, 9.17) is 16.3 Å². The molecule has 5 N–H and O–H groups in total. The molecule has 1 aromatic heterocycles. The van der Waals surface area contributed by atoms with E-state index in [1.807, 2.05) is 19.1 Å². The fraction of sp³-hybridized carbons (Fsp3) is 0.615. The second-order valence-electron chi connectivity index (χ2n) is 4.35. The maximum atomic E-state index is 5.75. The van der Waals surface area contributed by atoms with Crippen molar-refractivity contribution >= 4 is 5.82 Å². The summed E-state index contributed by atoms with van der Waals surface area (Å²) < 4.78 is 5.75. The second kappa shape index (κ2) is 8.02. The molecular weight excluding hydrogens is 228 g/mol. The third kappa shape index (κ3) is 4.60. The highest BCUT2D eigenvalue weighted by molar-refractivity contribution is 5.32. The largest absolute Gasteiger partial charge is 0.384 e. The van der Waals surface area contributed by atoms with Crippen molar-refractivity contribution in [3.05, 3.63) is 23.9 Å². The zero-order valence-electron chi connectivity index (χ0n) is 11.2. The highest BCUT2D eigenvalue weighted by Gasteiger charge is 2.20. The number of rotatable bonds is 8. The molecule has 2 atom stereocenters. The Labute approximate surface area is 109 Å². The van der Waals surface area contributed by atoms with Gasteiger partial charge in [0, 0.05) is 12.8 Å². The molecule has 0 spiro atoms. The third-order valence-electron chi connectivity index (χ3n) is 2.92. The van der Waals surface area contributed by atoms with Gasteiger partial charge >= 0.3 is 0 Å². The summed E-state index contributed by atoms with van der Waals surface area (Å²) in [5.74, 6) is 6.18. The summed E-state index contributed by atoms with van der Waals surface area (Å²) in [6, 6.07) is 3.92. The van der Waals surface area contributed by atoms with E-state index in [0.29, 0.717) is 12.4 Å². The van der Waals surface area contributed by atoms with Crippen molar-refractivity contribution in [2.45, 2.75) is 45.3 Å². The van der Waals surface area contributed by atoms with Crippen molar-refractivity contribution in [2.75, 3.05) is 12.3 Å². The Kier molecular flexibility index (Phi) is 6.64. The van der Waals surface area contributed by atoms with Gasteiger partial charge in [0.15, 0.2) is 0 Å². The highest BCUT2D eigenvalue weighted by Crippen LogP contribution is 2.13. The standard InChI is InChI=1S/C13H24N4O/c1-3-5-12(18-4-2)11(17-15)8-10-6-7-16-13(14)9-10/h6-7,9,11-12,17H,3-5,8,15H2,1-2H3,(H2,14,16). The second-order valence-corrected chi connectivity index (χ2v) is 4.35. The van der Waals surface area contributed by atoms with Crippen molar-refractivity contribution in [1.29, 1.82) is 0 Å². The van der Waals surface area contributed by atoms with Crippen molar-refractivity contribution < 1.29 is 4.74 Å². The molecule has 0 aliphatic rings. The van der Waals surface area contributed by atoms with Gasteiger partial charge in [-0.25, -0.2) is 4.98 Å². The number of nitrogens with zero attached hydrogens (tertiary/aromatic N) is 1. The maximum Gasteiger partial charge on any atom is 0.123 e. The van der Waals surface area contributed by atoms with E-state index >= 15 is 0 Å². The molecule has 0 bridgehead atoms. The number of aromatic nitrogens is 1. The number of hydrazine groups is 1. The molecule has 0 aliphatic carbocycles. The van der Waals surface area contributed by atoms with Gasteiger partial charge in [-0.15, -0.1) is 0 Å². The number of ether oxygens (including phenoxy) is 1. The molecule has 5 nitrogen and oxygen atoms in total. The number of nitrogens with one attached hydrogen (secondary N) is 1. The van der Waals surface area contributed by atoms with E-state index in [0.717, 1.165) is 24.8 Å².